The number of thiazole rings is 1. The first-order valence-corrected chi connectivity index (χ1v) is 10.4. The summed E-state index contributed by atoms with van der Waals surface area (Å²) in [7, 11) is 1.60. The van der Waals surface area contributed by atoms with Gasteiger partial charge < -0.3 is 4.74 Å². The van der Waals surface area contributed by atoms with Gasteiger partial charge in [-0.05, 0) is 41.5 Å². The van der Waals surface area contributed by atoms with Crippen molar-refractivity contribution in [2.75, 3.05) is 12.0 Å². The van der Waals surface area contributed by atoms with Gasteiger partial charge >= 0.3 is 0 Å². The van der Waals surface area contributed by atoms with Crippen molar-refractivity contribution >= 4 is 44.4 Å². The number of aromatic nitrogens is 2. The Kier molecular flexibility index (Phi) is 6.18. The number of anilines is 1. The van der Waals surface area contributed by atoms with E-state index in [1.165, 1.54) is 29.5 Å². The number of carbonyl (C=O) groups excluding carboxylic acids is 1. The molecule has 32 heavy (non-hydrogen) atoms. The lowest BCUT2D eigenvalue weighted by Crippen LogP contribution is -2.28. The van der Waals surface area contributed by atoms with E-state index in [1.807, 2.05) is 24.3 Å². The molecule has 2 aromatic heterocycles. The van der Waals surface area contributed by atoms with E-state index in [1.54, 1.807) is 48.7 Å². The highest BCUT2D eigenvalue weighted by molar-refractivity contribution is 7.22. The summed E-state index contributed by atoms with van der Waals surface area (Å²) in [6.07, 6.45) is 6.31. The number of hydrogen-bond acceptors (Lipinski definition) is 7. The monoisotopic (exact) mass is 446 g/mol. The van der Waals surface area contributed by atoms with Gasteiger partial charge in [0, 0.05) is 30.6 Å². The molecule has 2 heterocycles. The van der Waals surface area contributed by atoms with Crippen LogP contribution in [0.15, 0.2) is 73.1 Å². The third-order valence-electron chi connectivity index (χ3n) is 4.64. The molecule has 0 saturated carbocycles. The van der Waals surface area contributed by atoms with E-state index in [0.717, 1.165) is 15.8 Å². The summed E-state index contributed by atoms with van der Waals surface area (Å²) >= 11 is 1.38. The van der Waals surface area contributed by atoms with E-state index in [2.05, 4.69) is 9.97 Å². The molecule has 0 fully saturated rings. The van der Waals surface area contributed by atoms with Gasteiger partial charge in [-0.1, -0.05) is 29.5 Å². The second-order valence-corrected chi connectivity index (χ2v) is 7.81. The Balaban J connectivity index is 1.67. The molecule has 4 aromatic rings. The lowest BCUT2D eigenvalue weighted by Gasteiger charge is -2.18. The van der Waals surface area contributed by atoms with Crippen LogP contribution in [-0.4, -0.2) is 27.9 Å². The Bertz CT molecular complexity index is 1300. The van der Waals surface area contributed by atoms with E-state index in [9.17, 15) is 14.9 Å². The minimum Gasteiger partial charge on any atom is -0.497 e. The number of pyridine rings is 1. The molecule has 0 radical (unpaired) electrons. The average molecular weight is 446 g/mol. The largest absolute Gasteiger partial charge is 0.497 e. The van der Waals surface area contributed by atoms with Crippen molar-refractivity contribution in [2.45, 2.75) is 6.54 Å². The van der Waals surface area contributed by atoms with Crippen molar-refractivity contribution < 1.29 is 14.5 Å². The topological polar surface area (TPSA) is 98.5 Å². The van der Waals surface area contributed by atoms with Crippen LogP contribution in [0.2, 0.25) is 0 Å². The zero-order chi connectivity index (χ0) is 22.5. The van der Waals surface area contributed by atoms with Crippen LogP contribution in [0.1, 0.15) is 11.1 Å². The highest BCUT2D eigenvalue weighted by atomic mass is 32.1. The van der Waals surface area contributed by atoms with Gasteiger partial charge in [-0.2, -0.15) is 0 Å². The van der Waals surface area contributed by atoms with Crippen molar-refractivity contribution in [1.29, 1.82) is 0 Å². The number of fused-ring (bicyclic) bond motifs is 1. The maximum absolute atomic E-state index is 13.2. The van der Waals surface area contributed by atoms with Crippen LogP contribution in [0.4, 0.5) is 10.8 Å². The maximum Gasteiger partial charge on any atom is 0.270 e. The van der Waals surface area contributed by atoms with E-state index < -0.39 is 4.92 Å². The average Bonchev–Trinajstić information content (AvgIpc) is 3.24. The van der Waals surface area contributed by atoms with Crippen LogP contribution in [0.5, 0.6) is 5.75 Å². The second-order valence-electron chi connectivity index (χ2n) is 6.80. The number of ether oxygens (including phenoxy) is 1. The Morgan fingerprint density at radius 2 is 2.09 bits per heavy atom. The van der Waals surface area contributed by atoms with Gasteiger partial charge in [0.15, 0.2) is 5.13 Å². The van der Waals surface area contributed by atoms with Gasteiger partial charge in [-0.15, -0.1) is 0 Å². The molecule has 0 unspecified atom stereocenters. The number of rotatable bonds is 7. The first-order valence-electron chi connectivity index (χ1n) is 9.61. The van der Waals surface area contributed by atoms with Crippen molar-refractivity contribution in [2.24, 2.45) is 0 Å². The number of methoxy groups -OCH3 is 1. The van der Waals surface area contributed by atoms with Gasteiger partial charge in [0.1, 0.15) is 5.75 Å². The Morgan fingerprint density at radius 1 is 1.22 bits per heavy atom. The highest BCUT2D eigenvalue weighted by Crippen LogP contribution is 2.32. The van der Waals surface area contributed by atoms with E-state index in [-0.39, 0.29) is 18.1 Å². The molecule has 1 amide bonds. The third kappa shape index (κ3) is 4.79. The van der Waals surface area contributed by atoms with E-state index in [0.29, 0.717) is 16.4 Å². The summed E-state index contributed by atoms with van der Waals surface area (Å²) in [6, 6.07) is 15.3. The van der Waals surface area contributed by atoms with Gasteiger partial charge in [0.2, 0.25) is 0 Å². The van der Waals surface area contributed by atoms with Gasteiger partial charge in [0.25, 0.3) is 11.6 Å². The number of benzene rings is 2. The first kappa shape index (κ1) is 21.1. The molecule has 0 saturated heterocycles. The van der Waals surface area contributed by atoms with Crippen LogP contribution < -0.4 is 9.64 Å². The van der Waals surface area contributed by atoms with Crippen LogP contribution in [0.25, 0.3) is 16.3 Å². The molecule has 2 aromatic carbocycles. The van der Waals surface area contributed by atoms with Gasteiger partial charge in [-0.25, -0.2) is 4.98 Å². The quantitative estimate of drug-likeness (QED) is 0.229. The zero-order valence-electron chi connectivity index (χ0n) is 17.0. The lowest BCUT2D eigenvalue weighted by atomic mass is 10.2. The van der Waals surface area contributed by atoms with E-state index in [4.69, 9.17) is 4.74 Å². The van der Waals surface area contributed by atoms with Crippen LogP contribution in [-0.2, 0) is 11.3 Å². The standard InChI is InChI=1S/C23H18N4O4S/c1-31-19-8-9-20-21(13-19)32-23(25-20)26(15-17-5-3-11-24-14-17)22(28)10-7-16-4-2-6-18(12-16)27(29)30/h2-14H,15H2,1H3/b10-7+. The summed E-state index contributed by atoms with van der Waals surface area (Å²) in [4.78, 5) is 34.0. The Morgan fingerprint density at radius 3 is 2.84 bits per heavy atom. The Labute approximate surface area is 187 Å². The summed E-state index contributed by atoms with van der Waals surface area (Å²) in [5, 5.41) is 11.5. The molecule has 9 heteroatoms. The fourth-order valence-electron chi connectivity index (χ4n) is 3.05. The van der Waals surface area contributed by atoms with E-state index >= 15 is 0 Å². The van der Waals surface area contributed by atoms with Gasteiger partial charge in [-0.3, -0.25) is 24.8 Å². The molecule has 0 aliphatic heterocycles. The number of nitro groups is 1. The van der Waals surface area contributed by atoms with Crippen molar-refractivity contribution in [1.82, 2.24) is 9.97 Å². The molecule has 160 valence electrons. The van der Waals surface area contributed by atoms with Crippen molar-refractivity contribution in [3.8, 4) is 5.75 Å². The van der Waals surface area contributed by atoms with Crippen LogP contribution in [0, 0.1) is 10.1 Å². The molecule has 4 rings (SSSR count). The second kappa shape index (κ2) is 9.36. The minimum atomic E-state index is -0.469. The molecule has 0 atom stereocenters. The number of amides is 1. The van der Waals surface area contributed by atoms with Crippen molar-refractivity contribution in [3.63, 3.8) is 0 Å². The number of nitrogens with zero attached hydrogens (tertiary/aromatic N) is 4. The molecule has 0 aliphatic rings. The van der Waals surface area contributed by atoms with Gasteiger partial charge in [0.05, 0.1) is 28.8 Å². The summed E-state index contributed by atoms with van der Waals surface area (Å²) in [6.45, 7) is 0.281. The maximum atomic E-state index is 13.2. The number of non-ortho nitro benzene ring substituents is 1. The molecule has 8 nitrogen and oxygen atoms in total. The number of hydrogen-bond donors (Lipinski definition) is 0. The zero-order valence-corrected chi connectivity index (χ0v) is 17.9. The third-order valence-corrected chi connectivity index (χ3v) is 5.69. The number of carbonyl (C=O) groups is 1. The molecule has 0 spiro atoms. The molecule has 0 N–H and O–H groups in total. The smallest absolute Gasteiger partial charge is 0.270 e. The summed E-state index contributed by atoms with van der Waals surface area (Å²) in [5.74, 6) is 0.412. The predicted octanol–water partition coefficient (Wildman–Crippen LogP) is 4.85. The minimum absolute atomic E-state index is 0.0352. The van der Waals surface area contributed by atoms with Crippen LogP contribution >= 0.6 is 11.3 Å². The Hall–Kier alpha value is -4.11. The summed E-state index contributed by atoms with van der Waals surface area (Å²) < 4.78 is 6.17. The molecular weight excluding hydrogens is 428 g/mol. The molecular formula is C23H18N4O4S. The normalized spacial score (nSPS) is 11.0. The van der Waals surface area contributed by atoms with Crippen LogP contribution in [0.3, 0.4) is 0 Å². The fourth-order valence-corrected chi connectivity index (χ4v) is 4.05. The number of nitro benzene ring substituents is 1. The SMILES string of the molecule is COc1ccc2nc(N(Cc3cccnc3)C(=O)/C=C/c3cccc([N+](=O)[O-])c3)sc2c1. The van der Waals surface area contributed by atoms with Crippen molar-refractivity contribution in [3.05, 3.63) is 94.3 Å². The molecule has 0 bridgehead atoms. The first-order chi connectivity index (χ1) is 15.5. The fraction of sp³-hybridized carbons (Fsp3) is 0.0870. The molecule has 0 aliphatic carbocycles. The lowest BCUT2D eigenvalue weighted by molar-refractivity contribution is -0.384. The predicted molar refractivity (Wildman–Crippen MR) is 124 cm³/mol. The highest BCUT2D eigenvalue weighted by Gasteiger charge is 2.19. The summed E-state index contributed by atoms with van der Waals surface area (Å²) in [5.41, 5.74) is 2.13.